The zero-order valence-electron chi connectivity index (χ0n) is 9.57. The number of hydrogen-bond donors (Lipinski definition) is 0. The molecule has 1 unspecified atom stereocenters. The van der Waals surface area contributed by atoms with Crippen LogP contribution in [0, 0.1) is 5.41 Å². The lowest BCUT2D eigenvalue weighted by Crippen LogP contribution is -2.48. The SMILES string of the molecule is O=C1c2ccc3c(c2)OC(O3)C12CCCCC2. The number of fused-ring (bicyclic) bond motifs is 3. The van der Waals surface area contributed by atoms with Crippen molar-refractivity contribution < 1.29 is 14.3 Å². The molecule has 3 nitrogen and oxygen atoms in total. The smallest absolute Gasteiger partial charge is 0.254 e. The summed E-state index contributed by atoms with van der Waals surface area (Å²) in [5, 5.41) is 0. The number of rotatable bonds is 0. The predicted octanol–water partition coefficient (Wildman–Crippen LogP) is 2.93. The minimum Gasteiger partial charge on any atom is -0.450 e. The second-order valence-electron chi connectivity index (χ2n) is 5.28. The molecule has 0 radical (unpaired) electrons. The summed E-state index contributed by atoms with van der Waals surface area (Å²) in [6.45, 7) is 0. The molecule has 0 saturated heterocycles. The summed E-state index contributed by atoms with van der Waals surface area (Å²) in [6, 6.07) is 5.54. The van der Waals surface area contributed by atoms with Crippen molar-refractivity contribution in [1.29, 1.82) is 0 Å². The van der Waals surface area contributed by atoms with E-state index >= 15 is 0 Å². The molecule has 3 heteroatoms. The molecule has 1 spiro atoms. The van der Waals surface area contributed by atoms with Gasteiger partial charge in [0, 0.05) is 5.56 Å². The number of ether oxygens (including phenoxy) is 2. The van der Waals surface area contributed by atoms with Gasteiger partial charge in [-0.25, -0.2) is 0 Å². The van der Waals surface area contributed by atoms with Crippen LogP contribution in [-0.4, -0.2) is 12.1 Å². The number of Topliss-reactive ketones (excluding diaryl/α,β-unsaturated/α-hetero) is 1. The first-order valence-electron chi connectivity index (χ1n) is 6.32. The van der Waals surface area contributed by atoms with Gasteiger partial charge in [-0.15, -0.1) is 0 Å². The zero-order valence-corrected chi connectivity index (χ0v) is 9.57. The van der Waals surface area contributed by atoms with Crippen molar-refractivity contribution in [2.24, 2.45) is 5.41 Å². The topological polar surface area (TPSA) is 35.5 Å². The molecule has 2 heterocycles. The lowest BCUT2D eigenvalue weighted by atomic mass is 9.69. The molecule has 1 aromatic rings. The van der Waals surface area contributed by atoms with Gasteiger partial charge in [0.1, 0.15) is 5.41 Å². The van der Waals surface area contributed by atoms with Crippen LogP contribution in [0.2, 0.25) is 0 Å². The van der Waals surface area contributed by atoms with Crippen LogP contribution < -0.4 is 9.47 Å². The number of benzene rings is 1. The Balaban J connectivity index is 1.90. The van der Waals surface area contributed by atoms with Gasteiger partial charge in [-0.3, -0.25) is 4.79 Å². The number of carbonyl (C=O) groups is 1. The highest BCUT2D eigenvalue weighted by Gasteiger charge is 2.53. The minimum atomic E-state index is -0.432. The summed E-state index contributed by atoms with van der Waals surface area (Å²) in [7, 11) is 0. The van der Waals surface area contributed by atoms with Gasteiger partial charge in [-0.1, -0.05) is 19.3 Å². The molecule has 17 heavy (non-hydrogen) atoms. The predicted molar refractivity (Wildman–Crippen MR) is 61.3 cm³/mol. The van der Waals surface area contributed by atoms with E-state index < -0.39 is 5.41 Å². The Hall–Kier alpha value is -1.51. The Morgan fingerprint density at radius 3 is 2.65 bits per heavy atom. The van der Waals surface area contributed by atoms with Crippen molar-refractivity contribution >= 4 is 5.78 Å². The first-order chi connectivity index (χ1) is 8.29. The Bertz CT molecular complexity index is 498. The van der Waals surface area contributed by atoms with Crippen LogP contribution in [0.4, 0.5) is 0 Å². The quantitative estimate of drug-likeness (QED) is 0.687. The van der Waals surface area contributed by atoms with Gasteiger partial charge in [0.25, 0.3) is 6.29 Å². The van der Waals surface area contributed by atoms with E-state index in [9.17, 15) is 4.79 Å². The first-order valence-corrected chi connectivity index (χ1v) is 6.32. The maximum Gasteiger partial charge on any atom is 0.254 e. The third kappa shape index (κ3) is 1.09. The highest BCUT2D eigenvalue weighted by molar-refractivity contribution is 6.02. The molecule has 0 aromatic heterocycles. The molecule has 88 valence electrons. The van der Waals surface area contributed by atoms with Gasteiger partial charge < -0.3 is 9.47 Å². The van der Waals surface area contributed by atoms with Gasteiger partial charge in [-0.2, -0.15) is 0 Å². The van der Waals surface area contributed by atoms with Crippen molar-refractivity contribution in [3.8, 4) is 11.5 Å². The molecule has 1 aliphatic carbocycles. The second kappa shape index (κ2) is 3.03. The Morgan fingerprint density at radius 2 is 1.82 bits per heavy atom. The lowest BCUT2D eigenvalue weighted by Gasteiger charge is -2.38. The molecular weight excluding hydrogens is 216 g/mol. The Labute approximate surface area is 99.7 Å². The van der Waals surface area contributed by atoms with Crippen molar-refractivity contribution in [2.75, 3.05) is 0 Å². The fourth-order valence-electron chi connectivity index (χ4n) is 3.36. The Morgan fingerprint density at radius 1 is 1.06 bits per heavy atom. The maximum atomic E-state index is 12.7. The summed E-state index contributed by atoms with van der Waals surface area (Å²) in [5.74, 6) is 1.74. The average Bonchev–Trinajstić information content (AvgIpc) is 2.78. The third-order valence-electron chi connectivity index (χ3n) is 4.32. The highest BCUT2D eigenvalue weighted by Crippen LogP contribution is 2.51. The van der Waals surface area contributed by atoms with Crippen LogP contribution in [0.25, 0.3) is 0 Å². The van der Waals surface area contributed by atoms with Gasteiger partial charge in [-0.05, 0) is 31.0 Å². The summed E-state index contributed by atoms with van der Waals surface area (Å²) in [6.07, 6.45) is 4.79. The Kier molecular flexibility index (Phi) is 1.70. The number of hydrogen-bond acceptors (Lipinski definition) is 3. The number of carbonyl (C=O) groups excluding carboxylic acids is 1. The minimum absolute atomic E-state index is 0.215. The van der Waals surface area contributed by atoms with Crippen molar-refractivity contribution in [1.82, 2.24) is 0 Å². The van der Waals surface area contributed by atoms with Gasteiger partial charge in [0.05, 0.1) is 0 Å². The van der Waals surface area contributed by atoms with Crippen LogP contribution in [0.1, 0.15) is 42.5 Å². The zero-order chi connectivity index (χ0) is 11.5. The van der Waals surface area contributed by atoms with Gasteiger partial charge in [0.15, 0.2) is 17.3 Å². The first kappa shape index (κ1) is 9.51. The third-order valence-corrected chi connectivity index (χ3v) is 4.32. The molecule has 0 N–H and O–H groups in total. The monoisotopic (exact) mass is 230 g/mol. The van der Waals surface area contributed by atoms with Crippen molar-refractivity contribution in [3.63, 3.8) is 0 Å². The van der Waals surface area contributed by atoms with Gasteiger partial charge in [0.2, 0.25) is 0 Å². The molecular formula is C14H14O3. The van der Waals surface area contributed by atoms with E-state index in [0.29, 0.717) is 0 Å². The van der Waals surface area contributed by atoms with Crippen LogP contribution in [0.3, 0.4) is 0 Å². The summed E-state index contributed by atoms with van der Waals surface area (Å²) < 4.78 is 11.7. The molecule has 3 aliphatic rings. The standard InChI is InChI=1S/C14H14O3/c15-12-9-4-5-10-11(8-9)17-13(16-10)14(12)6-2-1-3-7-14/h4-5,8,13H,1-3,6-7H2. The molecule has 3 bridgehead atoms. The molecule has 1 aromatic carbocycles. The largest absolute Gasteiger partial charge is 0.450 e. The summed E-state index contributed by atoms with van der Waals surface area (Å²) in [4.78, 5) is 12.7. The van der Waals surface area contributed by atoms with E-state index in [1.807, 2.05) is 18.2 Å². The molecule has 1 atom stereocenters. The normalized spacial score (nSPS) is 27.8. The van der Waals surface area contributed by atoms with E-state index in [-0.39, 0.29) is 12.1 Å². The molecule has 1 fully saturated rings. The molecule has 4 rings (SSSR count). The van der Waals surface area contributed by atoms with Crippen LogP contribution in [-0.2, 0) is 0 Å². The van der Waals surface area contributed by atoms with Crippen molar-refractivity contribution in [3.05, 3.63) is 23.8 Å². The fraction of sp³-hybridized carbons (Fsp3) is 0.500. The van der Waals surface area contributed by atoms with Crippen LogP contribution in [0.5, 0.6) is 11.5 Å². The summed E-state index contributed by atoms with van der Waals surface area (Å²) in [5.41, 5.74) is 0.356. The van der Waals surface area contributed by atoms with Crippen LogP contribution >= 0.6 is 0 Å². The van der Waals surface area contributed by atoms with E-state index in [2.05, 4.69) is 0 Å². The van der Waals surface area contributed by atoms with E-state index in [1.54, 1.807) is 0 Å². The number of ketones is 1. The second-order valence-corrected chi connectivity index (χ2v) is 5.28. The molecule has 0 amide bonds. The average molecular weight is 230 g/mol. The van der Waals surface area contributed by atoms with E-state index in [1.165, 1.54) is 6.42 Å². The lowest BCUT2D eigenvalue weighted by molar-refractivity contribution is -0.0640. The maximum absolute atomic E-state index is 12.7. The highest BCUT2D eigenvalue weighted by atomic mass is 16.7. The van der Waals surface area contributed by atoms with E-state index in [0.717, 1.165) is 42.7 Å². The molecule has 2 aliphatic heterocycles. The van der Waals surface area contributed by atoms with Gasteiger partial charge >= 0.3 is 0 Å². The van der Waals surface area contributed by atoms with Crippen LogP contribution in [0.15, 0.2) is 18.2 Å². The van der Waals surface area contributed by atoms with E-state index in [4.69, 9.17) is 9.47 Å². The molecule has 1 saturated carbocycles. The fourth-order valence-corrected chi connectivity index (χ4v) is 3.36. The summed E-state index contributed by atoms with van der Waals surface area (Å²) >= 11 is 0. The van der Waals surface area contributed by atoms with Crippen molar-refractivity contribution in [2.45, 2.75) is 38.4 Å².